The van der Waals surface area contributed by atoms with Crippen LogP contribution in [0.25, 0.3) is 6.08 Å². The second kappa shape index (κ2) is 8.27. The normalized spacial score (nSPS) is 20.2. The highest BCUT2D eigenvalue weighted by Gasteiger charge is 2.28. The number of carbonyl (C=O) groups is 2. The summed E-state index contributed by atoms with van der Waals surface area (Å²) in [5, 5.41) is 6.32. The van der Waals surface area contributed by atoms with Crippen LogP contribution in [0.15, 0.2) is 30.5 Å². The molecule has 6 nitrogen and oxygen atoms in total. The number of benzene rings is 1. The molecule has 1 saturated heterocycles. The first-order chi connectivity index (χ1) is 12.1. The van der Waals surface area contributed by atoms with Crippen LogP contribution in [0.5, 0.6) is 0 Å². The van der Waals surface area contributed by atoms with Crippen molar-refractivity contribution >= 4 is 17.9 Å². The smallest absolute Gasteiger partial charge is 0.223 e. The van der Waals surface area contributed by atoms with Crippen molar-refractivity contribution in [2.75, 3.05) is 39.3 Å². The Balaban J connectivity index is 1.58. The summed E-state index contributed by atoms with van der Waals surface area (Å²) < 4.78 is 0. The van der Waals surface area contributed by atoms with E-state index in [4.69, 9.17) is 0 Å². The van der Waals surface area contributed by atoms with E-state index in [1.807, 2.05) is 30.3 Å². The molecule has 1 fully saturated rings. The third-order valence-corrected chi connectivity index (χ3v) is 4.81. The van der Waals surface area contributed by atoms with Gasteiger partial charge in [0.25, 0.3) is 0 Å². The van der Waals surface area contributed by atoms with Crippen molar-refractivity contribution in [2.24, 2.45) is 0 Å². The van der Waals surface area contributed by atoms with Gasteiger partial charge in [-0.05, 0) is 17.2 Å². The summed E-state index contributed by atoms with van der Waals surface area (Å²) >= 11 is 0. The molecule has 2 N–H and O–H groups in total. The maximum Gasteiger partial charge on any atom is 0.223 e. The number of hydrogen-bond acceptors (Lipinski definition) is 4. The SMILES string of the molecule is CC(=O)N1C=Cc2ccccc2C1CC(=O)NCCN1CCNCC1. The number of carbonyl (C=O) groups excluding carboxylic acids is 2. The number of amides is 2. The minimum Gasteiger partial charge on any atom is -0.355 e. The van der Waals surface area contributed by atoms with Gasteiger partial charge in [-0.1, -0.05) is 24.3 Å². The fraction of sp³-hybridized carbons (Fsp3) is 0.474. The van der Waals surface area contributed by atoms with E-state index in [9.17, 15) is 9.59 Å². The molecule has 1 aromatic rings. The Morgan fingerprint density at radius 2 is 2.00 bits per heavy atom. The minimum atomic E-state index is -0.238. The lowest BCUT2D eigenvalue weighted by atomic mass is 9.93. The minimum absolute atomic E-state index is 0.0171. The van der Waals surface area contributed by atoms with Crippen molar-refractivity contribution in [2.45, 2.75) is 19.4 Å². The molecule has 3 rings (SSSR count). The monoisotopic (exact) mass is 342 g/mol. The number of rotatable bonds is 5. The lowest BCUT2D eigenvalue weighted by molar-refractivity contribution is -0.129. The fourth-order valence-electron chi connectivity index (χ4n) is 3.45. The van der Waals surface area contributed by atoms with Crippen molar-refractivity contribution in [3.8, 4) is 0 Å². The van der Waals surface area contributed by atoms with E-state index >= 15 is 0 Å². The maximum absolute atomic E-state index is 12.4. The van der Waals surface area contributed by atoms with Crippen LogP contribution in [0.2, 0.25) is 0 Å². The fourth-order valence-corrected chi connectivity index (χ4v) is 3.45. The standard InChI is InChI=1S/C19H26N4O2/c1-15(24)23-10-6-16-4-2-3-5-17(16)18(23)14-19(25)21-9-13-22-11-7-20-8-12-22/h2-6,10,18,20H,7-9,11-14H2,1H3,(H,21,25). The molecular formula is C19H26N4O2. The molecule has 2 aliphatic rings. The van der Waals surface area contributed by atoms with Crippen LogP contribution in [0.1, 0.15) is 30.5 Å². The Kier molecular flexibility index (Phi) is 5.83. The molecule has 134 valence electrons. The van der Waals surface area contributed by atoms with E-state index in [1.165, 1.54) is 6.92 Å². The molecule has 1 aromatic carbocycles. The zero-order valence-electron chi connectivity index (χ0n) is 14.7. The molecular weight excluding hydrogens is 316 g/mol. The van der Waals surface area contributed by atoms with E-state index in [0.717, 1.165) is 43.9 Å². The van der Waals surface area contributed by atoms with Crippen molar-refractivity contribution in [3.05, 3.63) is 41.6 Å². The van der Waals surface area contributed by atoms with Gasteiger partial charge in [0.05, 0.1) is 12.5 Å². The third kappa shape index (κ3) is 4.46. The molecule has 1 unspecified atom stereocenters. The van der Waals surface area contributed by atoms with E-state index < -0.39 is 0 Å². The highest BCUT2D eigenvalue weighted by atomic mass is 16.2. The molecule has 1 atom stereocenters. The Hall–Kier alpha value is -2.18. The molecule has 2 aliphatic heterocycles. The van der Waals surface area contributed by atoms with Gasteiger partial charge in [-0.15, -0.1) is 0 Å². The molecule has 0 radical (unpaired) electrons. The van der Waals surface area contributed by atoms with Crippen LogP contribution in [0, 0.1) is 0 Å². The predicted molar refractivity (Wildman–Crippen MR) is 97.7 cm³/mol. The Morgan fingerprint density at radius 1 is 1.24 bits per heavy atom. The van der Waals surface area contributed by atoms with Crippen molar-refractivity contribution in [1.82, 2.24) is 20.4 Å². The third-order valence-electron chi connectivity index (χ3n) is 4.81. The highest BCUT2D eigenvalue weighted by molar-refractivity contribution is 5.81. The molecule has 0 aromatic heterocycles. The topological polar surface area (TPSA) is 64.7 Å². The highest BCUT2D eigenvalue weighted by Crippen LogP contribution is 2.32. The van der Waals surface area contributed by atoms with Crippen molar-refractivity contribution in [3.63, 3.8) is 0 Å². The molecule has 0 saturated carbocycles. The molecule has 2 amide bonds. The summed E-state index contributed by atoms with van der Waals surface area (Å²) in [6.07, 6.45) is 3.99. The first-order valence-electron chi connectivity index (χ1n) is 8.91. The lowest BCUT2D eigenvalue weighted by Gasteiger charge is -2.32. The molecule has 2 heterocycles. The van der Waals surface area contributed by atoms with Crippen LogP contribution in [-0.2, 0) is 9.59 Å². The zero-order chi connectivity index (χ0) is 17.6. The maximum atomic E-state index is 12.4. The molecule has 0 aliphatic carbocycles. The summed E-state index contributed by atoms with van der Waals surface area (Å²) in [4.78, 5) is 28.4. The van der Waals surface area contributed by atoms with Gasteiger partial charge in [0.2, 0.25) is 11.8 Å². The number of hydrogen-bond donors (Lipinski definition) is 2. The molecule has 6 heteroatoms. The molecule has 25 heavy (non-hydrogen) atoms. The first kappa shape index (κ1) is 17.6. The Morgan fingerprint density at radius 3 is 2.76 bits per heavy atom. The Labute approximate surface area is 148 Å². The summed E-state index contributed by atoms with van der Waals surface area (Å²) in [5.74, 6) is -0.0687. The average Bonchev–Trinajstić information content (AvgIpc) is 2.62. The zero-order valence-corrected chi connectivity index (χ0v) is 14.7. The van der Waals surface area contributed by atoms with Gasteiger partial charge in [0.15, 0.2) is 0 Å². The van der Waals surface area contributed by atoms with Crippen LogP contribution in [0.4, 0.5) is 0 Å². The summed E-state index contributed by atoms with van der Waals surface area (Å²) in [6.45, 7) is 7.10. The second-order valence-corrected chi connectivity index (χ2v) is 6.53. The van der Waals surface area contributed by atoms with Gasteiger partial charge < -0.3 is 15.5 Å². The van der Waals surface area contributed by atoms with Gasteiger partial charge in [0, 0.05) is 52.4 Å². The molecule has 0 spiro atoms. The van der Waals surface area contributed by atoms with Gasteiger partial charge in [-0.25, -0.2) is 0 Å². The summed E-state index contributed by atoms with van der Waals surface area (Å²) in [6, 6.07) is 7.69. The quantitative estimate of drug-likeness (QED) is 0.837. The second-order valence-electron chi connectivity index (χ2n) is 6.53. The number of nitrogens with one attached hydrogen (secondary N) is 2. The van der Waals surface area contributed by atoms with E-state index in [1.54, 1.807) is 11.1 Å². The summed E-state index contributed by atoms with van der Waals surface area (Å²) in [7, 11) is 0. The van der Waals surface area contributed by atoms with Crippen molar-refractivity contribution < 1.29 is 9.59 Å². The van der Waals surface area contributed by atoms with E-state index in [-0.39, 0.29) is 24.3 Å². The van der Waals surface area contributed by atoms with Crippen LogP contribution in [-0.4, -0.2) is 60.9 Å². The van der Waals surface area contributed by atoms with Gasteiger partial charge in [-0.3, -0.25) is 14.5 Å². The molecule has 0 bridgehead atoms. The van der Waals surface area contributed by atoms with Gasteiger partial charge in [-0.2, -0.15) is 0 Å². The lowest BCUT2D eigenvalue weighted by Crippen LogP contribution is -2.46. The summed E-state index contributed by atoms with van der Waals surface area (Å²) in [5.41, 5.74) is 2.09. The van der Waals surface area contributed by atoms with E-state index in [0.29, 0.717) is 6.54 Å². The number of nitrogens with zero attached hydrogens (tertiary/aromatic N) is 2. The van der Waals surface area contributed by atoms with Gasteiger partial charge >= 0.3 is 0 Å². The first-order valence-corrected chi connectivity index (χ1v) is 8.91. The van der Waals surface area contributed by atoms with Crippen molar-refractivity contribution in [1.29, 1.82) is 0 Å². The average molecular weight is 342 g/mol. The van der Waals surface area contributed by atoms with Crippen LogP contribution < -0.4 is 10.6 Å². The van der Waals surface area contributed by atoms with Crippen LogP contribution >= 0.6 is 0 Å². The largest absolute Gasteiger partial charge is 0.355 e. The van der Waals surface area contributed by atoms with E-state index in [2.05, 4.69) is 15.5 Å². The number of piperazine rings is 1. The number of fused-ring (bicyclic) bond motifs is 1. The Bertz CT molecular complexity index is 653. The van der Waals surface area contributed by atoms with Gasteiger partial charge in [0.1, 0.15) is 0 Å². The predicted octanol–water partition coefficient (Wildman–Crippen LogP) is 0.972. The van der Waals surface area contributed by atoms with Crippen LogP contribution in [0.3, 0.4) is 0 Å².